The largest absolute Gasteiger partial charge is 0.445 e. The van der Waals surface area contributed by atoms with E-state index in [2.05, 4.69) is 164 Å². The molecule has 0 aromatic heterocycles. The molecule has 11 rings (SSSR count). The molecule has 0 spiro atoms. The number of fused-ring (bicyclic) bond motifs is 4. The number of hydrogen-bond acceptors (Lipinski definition) is 12. The number of carbonyl (C=O) groups is 7. The van der Waals surface area contributed by atoms with Crippen LogP contribution in [0.1, 0.15) is 134 Å². The second-order valence-electron chi connectivity index (χ2n) is 28.0. The molecule has 0 bridgehead atoms. The van der Waals surface area contributed by atoms with Crippen LogP contribution in [0, 0.1) is 11.8 Å². The van der Waals surface area contributed by atoms with E-state index in [0.717, 1.165) is 147 Å². The number of carbonyl (C=O) groups excluding carboxylic acids is 7. The Kier molecular flexibility index (Phi) is 50.5. The number of unbranched alkanes of at least 4 members (excludes halogenated alkanes) is 3. The number of nitrogens with one attached hydrogen (secondary N) is 7. The molecule has 634 valence electrons. The van der Waals surface area contributed by atoms with E-state index in [-0.39, 0.29) is 112 Å². The summed E-state index contributed by atoms with van der Waals surface area (Å²) in [5.41, 5.74) is 24.1. The summed E-state index contributed by atoms with van der Waals surface area (Å²) < 4.78 is 15.6. The molecule has 11 aromatic rings. The molecule has 0 aliphatic carbocycles. The van der Waals surface area contributed by atoms with Crippen LogP contribution in [0.4, 0.5) is 14.4 Å². The molecule has 0 radical (unpaired) electrons. The van der Waals surface area contributed by atoms with Gasteiger partial charge in [-0.25, -0.2) is 14.4 Å². The zero-order chi connectivity index (χ0) is 80.8. The van der Waals surface area contributed by atoms with Gasteiger partial charge >= 0.3 is 18.3 Å². The van der Waals surface area contributed by atoms with Crippen molar-refractivity contribution in [3.63, 3.8) is 0 Å². The summed E-state index contributed by atoms with van der Waals surface area (Å²) in [6.07, 6.45) is 13.6. The molecule has 119 heavy (non-hydrogen) atoms. The predicted molar refractivity (Wildman–Crippen MR) is 505 cm³/mol. The Balaban J connectivity index is 0.000000408. The third-order valence-corrected chi connectivity index (χ3v) is 19.3. The topological polar surface area (TPSA) is 283 Å². The highest BCUT2D eigenvalue weighted by Gasteiger charge is 2.15. The number of ether oxygens (including phenoxy) is 3. The highest BCUT2D eigenvalue weighted by molar-refractivity contribution is 7.59. The molecule has 0 heterocycles. The van der Waals surface area contributed by atoms with E-state index in [4.69, 9.17) is 25.7 Å². The summed E-state index contributed by atoms with van der Waals surface area (Å²) >= 11 is 0. The lowest BCUT2D eigenvalue weighted by atomic mass is 9.94. The van der Waals surface area contributed by atoms with Crippen LogP contribution in [0.5, 0.6) is 0 Å². The van der Waals surface area contributed by atoms with Gasteiger partial charge in [0, 0.05) is 56.2 Å². The number of hydrogen-bond donors (Lipinski definition) is 9. The average Bonchev–Trinajstić information content (AvgIpc) is 0.821. The highest BCUT2D eigenvalue weighted by atomic mass is 32.1. The number of rotatable bonds is 38. The zero-order valence-corrected chi connectivity index (χ0v) is 71.7. The van der Waals surface area contributed by atoms with Crippen molar-refractivity contribution in [3.05, 3.63) is 298 Å². The smallest absolute Gasteiger partial charge is 0.407 e. The van der Waals surface area contributed by atoms with E-state index in [0.29, 0.717) is 38.9 Å². The molecule has 0 fully saturated rings. The Morgan fingerprint density at radius 2 is 0.622 bits per heavy atom. The van der Waals surface area contributed by atoms with Crippen LogP contribution in [0.15, 0.2) is 237 Å². The molecule has 19 nitrogen and oxygen atoms in total. The van der Waals surface area contributed by atoms with Gasteiger partial charge in [-0.05, 0) is 209 Å². The summed E-state index contributed by atoms with van der Waals surface area (Å²) in [5.74, 6) is 6.34. The van der Waals surface area contributed by atoms with Crippen molar-refractivity contribution in [2.24, 2.45) is 11.5 Å². The standard InChI is InChI=1S/C26H30N2O3.C26H26N2O3.C25H29N3O3.C18H24N2O.CH4.4H2S/c2*1-20(28-19-29)17-23-15-14-22(24-12-5-6-13-25(23)24)11-7-8-16-27-26(30)31-18-21-9-3-2-4-10-21;26-24(28-18-29)16-21-14-13-20(22-11-4-5-12-23(21)22)10-6-7-15-27-25(30)31-17-19-8-2-1-3-9-19;1-14(20-13-21)12-16-10-9-15(6-4-5-11-19)17-7-2-3-8-18(16)17;;;;;/h2-6,9-10,12-15,19-20H,7-8,11,16-18H2,1H3,(H,27,30)(H,28,29);2-6,9-10,12-15,19-20H,8,16-18H2,1H3,(H,27,30)(H,28,29);1-5,8-9,11-14,18,24H,6-7,10,15-17,26H2,(H,27,30)(H,28,29);2-3,7-10,13-14H,4-6,11-12,19H2,1H3,(H,20,21);1H4;4*1H2/t2*20-;24-;14-;;;;;/m0010...../s1. The van der Waals surface area contributed by atoms with Crippen LogP contribution in [0.3, 0.4) is 0 Å². The Labute approximate surface area is 730 Å². The fraction of sp³-hybridized carbons (Fsp3) is 0.302. The van der Waals surface area contributed by atoms with Crippen molar-refractivity contribution in [1.29, 1.82) is 0 Å². The van der Waals surface area contributed by atoms with Crippen LogP contribution < -0.4 is 48.7 Å². The van der Waals surface area contributed by atoms with E-state index < -0.39 is 12.3 Å². The van der Waals surface area contributed by atoms with E-state index in [1.54, 1.807) is 0 Å². The monoisotopic (exact) mass is 1690 g/mol. The van der Waals surface area contributed by atoms with Crippen molar-refractivity contribution in [2.45, 2.75) is 162 Å². The van der Waals surface area contributed by atoms with Crippen molar-refractivity contribution >= 4 is 141 Å². The SMILES string of the molecule is C.C[C@@H](Cc1ccc(C#CCCNC(=O)OCc2ccccc2)c2ccccc12)NC=O.C[C@@H](Cc1ccc(CCCCN)c2ccccc12)NC=O.C[C@@H](Cc1ccc(CCCCNC(=O)OCc2ccccc2)c2ccccc12)NC=O.N[C@@H](Cc1ccc(CCCCNC(=O)OCc2ccccc2)c2ccccc12)NC=O.S.S.S.S. The van der Waals surface area contributed by atoms with Gasteiger partial charge in [0.15, 0.2) is 0 Å². The minimum absolute atomic E-state index is 0. The van der Waals surface area contributed by atoms with Gasteiger partial charge in [-0.3, -0.25) is 19.2 Å². The minimum Gasteiger partial charge on any atom is -0.445 e. The number of benzene rings is 11. The highest BCUT2D eigenvalue weighted by Crippen LogP contribution is 2.29. The fourth-order valence-electron chi connectivity index (χ4n) is 13.4. The maximum Gasteiger partial charge on any atom is 0.407 e. The first-order chi connectivity index (χ1) is 55.8. The number of nitrogens with two attached hydrogens (primary N) is 2. The van der Waals surface area contributed by atoms with Gasteiger partial charge in [-0.2, -0.15) is 54.0 Å². The Hall–Kier alpha value is -11.0. The van der Waals surface area contributed by atoms with Gasteiger partial charge in [0.1, 0.15) is 19.8 Å². The quantitative estimate of drug-likeness (QED) is 0.00574. The number of aryl methyl sites for hydroxylation is 3. The molecular weight excluding hydrogens is 1570 g/mol. The first-order valence-electron chi connectivity index (χ1n) is 39.3. The summed E-state index contributed by atoms with van der Waals surface area (Å²) in [7, 11) is 0. The van der Waals surface area contributed by atoms with Gasteiger partial charge < -0.3 is 62.9 Å². The second-order valence-corrected chi connectivity index (χ2v) is 28.0. The minimum atomic E-state index is -0.446. The third kappa shape index (κ3) is 36.0. The van der Waals surface area contributed by atoms with Gasteiger partial charge in [-0.1, -0.05) is 250 Å². The Morgan fingerprint density at radius 1 is 0.345 bits per heavy atom. The summed E-state index contributed by atoms with van der Waals surface area (Å²) in [6, 6.07) is 79.5. The third-order valence-electron chi connectivity index (χ3n) is 19.3. The summed E-state index contributed by atoms with van der Waals surface area (Å²) in [4.78, 5) is 78.0. The molecule has 0 saturated carbocycles. The van der Waals surface area contributed by atoms with Crippen LogP contribution in [-0.4, -0.2) is 94.4 Å². The van der Waals surface area contributed by atoms with Crippen molar-refractivity contribution in [3.8, 4) is 11.8 Å². The molecule has 23 heteroatoms. The number of alkyl carbamates (subject to hydrolysis) is 3. The second kappa shape index (κ2) is 58.8. The molecule has 0 unspecified atom stereocenters. The first-order valence-corrected chi connectivity index (χ1v) is 39.3. The van der Waals surface area contributed by atoms with Gasteiger partial charge in [-0.15, -0.1) is 0 Å². The zero-order valence-electron chi connectivity index (χ0n) is 67.7. The maximum atomic E-state index is 11.8. The molecule has 4 atom stereocenters. The van der Waals surface area contributed by atoms with Crippen LogP contribution in [-0.2, 0) is 98.2 Å². The first kappa shape index (κ1) is 102. The molecule has 11 aromatic carbocycles. The maximum absolute atomic E-state index is 11.8. The lowest BCUT2D eigenvalue weighted by molar-refractivity contribution is -0.110. The van der Waals surface area contributed by atoms with Gasteiger partial charge in [0.2, 0.25) is 25.6 Å². The van der Waals surface area contributed by atoms with E-state index in [9.17, 15) is 33.6 Å². The normalized spacial score (nSPS) is 11.1. The fourth-order valence-corrected chi connectivity index (χ4v) is 13.4. The van der Waals surface area contributed by atoms with Crippen LogP contribution in [0.2, 0.25) is 0 Å². The van der Waals surface area contributed by atoms with E-state index in [1.165, 1.54) is 60.3 Å². The van der Waals surface area contributed by atoms with Crippen LogP contribution in [0.25, 0.3) is 43.1 Å². The van der Waals surface area contributed by atoms with E-state index in [1.807, 2.05) is 142 Å². The summed E-state index contributed by atoms with van der Waals surface area (Å²) in [6.45, 7) is 9.17. The van der Waals surface area contributed by atoms with Gasteiger partial charge in [0.05, 0.1) is 6.17 Å². The van der Waals surface area contributed by atoms with Gasteiger partial charge in [0.25, 0.3) is 0 Å². The molecule has 0 aliphatic rings. The molecule has 11 N–H and O–H groups in total. The lowest BCUT2D eigenvalue weighted by Crippen LogP contribution is -2.38. The van der Waals surface area contributed by atoms with E-state index >= 15 is 0 Å². The molecular formula is C96H121N9O10S4. The molecule has 0 saturated heterocycles. The summed E-state index contributed by atoms with van der Waals surface area (Å²) in [5, 5.41) is 29.1. The van der Waals surface area contributed by atoms with Crippen molar-refractivity contribution in [2.75, 3.05) is 26.2 Å². The van der Waals surface area contributed by atoms with Crippen LogP contribution >= 0.6 is 54.0 Å². The molecule has 7 amide bonds. The Bertz CT molecular complexity index is 4730. The molecule has 0 aliphatic heterocycles. The number of amides is 7. The van der Waals surface area contributed by atoms with Crippen molar-refractivity contribution < 1.29 is 47.8 Å². The predicted octanol–water partition coefficient (Wildman–Crippen LogP) is 16.5. The lowest BCUT2D eigenvalue weighted by Gasteiger charge is -2.15. The van der Waals surface area contributed by atoms with Crippen molar-refractivity contribution in [1.82, 2.24) is 37.2 Å². The Morgan fingerprint density at radius 3 is 0.958 bits per heavy atom. The average molecular weight is 1690 g/mol.